The molecule has 0 bridgehead atoms. The monoisotopic (exact) mass is 302 g/mol. The number of nitrogens with one attached hydrogen (secondary N) is 1. The molecule has 3 rings (SSSR count). The second kappa shape index (κ2) is 6.59. The standard InChI is InChI=1S/C19H30N2O/c1-4-8-21-9-7-16(14-21)13-20-12-15-5-6-18-17(10-15)11-19(2,3)22-18/h5-6,10,16,20H,4,7-9,11-14H2,1-3H3. The first-order chi connectivity index (χ1) is 10.6. The van der Waals surface area contributed by atoms with E-state index in [2.05, 4.69) is 49.2 Å². The summed E-state index contributed by atoms with van der Waals surface area (Å²) in [6.07, 6.45) is 3.64. The average molecular weight is 302 g/mol. The fourth-order valence-electron chi connectivity index (χ4n) is 3.79. The maximum Gasteiger partial charge on any atom is 0.123 e. The third-order valence-electron chi connectivity index (χ3n) is 4.80. The largest absolute Gasteiger partial charge is 0.487 e. The maximum atomic E-state index is 5.94. The third kappa shape index (κ3) is 3.82. The Kier molecular flexibility index (Phi) is 4.74. The summed E-state index contributed by atoms with van der Waals surface area (Å²) in [7, 11) is 0. The van der Waals surface area contributed by atoms with Crippen molar-refractivity contribution >= 4 is 0 Å². The Hall–Kier alpha value is -1.06. The number of likely N-dealkylation sites (tertiary alicyclic amines) is 1. The van der Waals surface area contributed by atoms with Crippen LogP contribution < -0.4 is 10.1 Å². The smallest absolute Gasteiger partial charge is 0.123 e. The Morgan fingerprint density at radius 1 is 1.36 bits per heavy atom. The molecule has 1 atom stereocenters. The van der Waals surface area contributed by atoms with Gasteiger partial charge in [0.2, 0.25) is 0 Å². The molecule has 2 aliphatic rings. The summed E-state index contributed by atoms with van der Waals surface area (Å²) in [4.78, 5) is 2.60. The van der Waals surface area contributed by atoms with Gasteiger partial charge < -0.3 is 15.0 Å². The van der Waals surface area contributed by atoms with Gasteiger partial charge in [0, 0.05) is 19.5 Å². The topological polar surface area (TPSA) is 24.5 Å². The molecule has 1 saturated heterocycles. The van der Waals surface area contributed by atoms with Gasteiger partial charge in [0.05, 0.1) is 0 Å². The zero-order chi connectivity index (χ0) is 15.6. The predicted molar refractivity (Wildman–Crippen MR) is 91.4 cm³/mol. The lowest BCUT2D eigenvalue weighted by molar-refractivity contribution is 0.138. The van der Waals surface area contributed by atoms with Crippen molar-refractivity contribution in [3.63, 3.8) is 0 Å². The average Bonchev–Trinajstić information content (AvgIpc) is 3.01. The minimum atomic E-state index is -0.0407. The highest BCUT2D eigenvalue weighted by molar-refractivity contribution is 5.41. The van der Waals surface area contributed by atoms with Crippen LogP contribution in [0.3, 0.4) is 0 Å². The van der Waals surface area contributed by atoms with Crippen molar-refractivity contribution in [1.29, 1.82) is 0 Å². The van der Waals surface area contributed by atoms with E-state index in [-0.39, 0.29) is 5.60 Å². The van der Waals surface area contributed by atoms with E-state index in [1.807, 2.05) is 0 Å². The molecule has 0 saturated carbocycles. The van der Waals surface area contributed by atoms with Crippen LogP contribution in [0.1, 0.15) is 44.7 Å². The normalized spacial score (nSPS) is 23.5. The van der Waals surface area contributed by atoms with Crippen molar-refractivity contribution < 1.29 is 4.74 Å². The van der Waals surface area contributed by atoms with E-state index >= 15 is 0 Å². The van der Waals surface area contributed by atoms with Crippen LogP contribution in [0.4, 0.5) is 0 Å². The maximum absolute atomic E-state index is 5.94. The second-order valence-electron chi connectivity index (χ2n) is 7.57. The molecule has 0 amide bonds. The molecule has 1 unspecified atom stereocenters. The quantitative estimate of drug-likeness (QED) is 0.873. The highest BCUT2D eigenvalue weighted by Gasteiger charge is 2.29. The number of fused-ring (bicyclic) bond motifs is 1. The summed E-state index contributed by atoms with van der Waals surface area (Å²) in [5.41, 5.74) is 2.70. The van der Waals surface area contributed by atoms with Gasteiger partial charge in [-0.15, -0.1) is 0 Å². The minimum Gasteiger partial charge on any atom is -0.487 e. The number of benzene rings is 1. The number of ether oxygens (including phenoxy) is 1. The van der Waals surface area contributed by atoms with E-state index in [1.165, 1.54) is 43.6 Å². The lowest BCUT2D eigenvalue weighted by Crippen LogP contribution is -2.26. The van der Waals surface area contributed by atoms with Crippen LogP contribution in [0.15, 0.2) is 18.2 Å². The van der Waals surface area contributed by atoms with Crippen molar-refractivity contribution in [3.8, 4) is 5.75 Å². The van der Waals surface area contributed by atoms with Crippen LogP contribution in [-0.4, -0.2) is 36.7 Å². The summed E-state index contributed by atoms with van der Waals surface area (Å²) in [5, 5.41) is 3.65. The van der Waals surface area contributed by atoms with Crippen LogP contribution >= 0.6 is 0 Å². The molecule has 122 valence electrons. The van der Waals surface area contributed by atoms with Crippen LogP contribution in [0.2, 0.25) is 0 Å². The molecule has 3 heteroatoms. The lowest BCUT2D eigenvalue weighted by Gasteiger charge is -2.16. The third-order valence-corrected chi connectivity index (χ3v) is 4.80. The molecule has 22 heavy (non-hydrogen) atoms. The van der Waals surface area contributed by atoms with Gasteiger partial charge in [0.1, 0.15) is 11.4 Å². The molecule has 0 aliphatic carbocycles. The molecule has 0 spiro atoms. The molecule has 1 aromatic rings. The zero-order valence-corrected chi connectivity index (χ0v) is 14.3. The second-order valence-corrected chi connectivity index (χ2v) is 7.57. The van der Waals surface area contributed by atoms with Crippen LogP contribution in [0.5, 0.6) is 5.75 Å². The fraction of sp³-hybridized carbons (Fsp3) is 0.684. The van der Waals surface area contributed by atoms with Gasteiger partial charge in [-0.3, -0.25) is 0 Å². The van der Waals surface area contributed by atoms with Crippen molar-refractivity contribution in [2.45, 2.75) is 52.2 Å². The van der Waals surface area contributed by atoms with Crippen molar-refractivity contribution in [3.05, 3.63) is 29.3 Å². The van der Waals surface area contributed by atoms with Gasteiger partial charge in [-0.25, -0.2) is 0 Å². The SMILES string of the molecule is CCCN1CCC(CNCc2ccc3c(c2)CC(C)(C)O3)C1. The van der Waals surface area contributed by atoms with E-state index < -0.39 is 0 Å². The Labute approximate surface area is 135 Å². The fourth-order valence-corrected chi connectivity index (χ4v) is 3.79. The van der Waals surface area contributed by atoms with Crippen molar-refractivity contribution in [1.82, 2.24) is 10.2 Å². The van der Waals surface area contributed by atoms with Crippen LogP contribution in [0.25, 0.3) is 0 Å². The molecular weight excluding hydrogens is 272 g/mol. The van der Waals surface area contributed by atoms with Gasteiger partial charge in [-0.2, -0.15) is 0 Å². The Bertz CT molecular complexity index is 512. The molecule has 1 aromatic carbocycles. The highest BCUT2D eigenvalue weighted by Crippen LogP contribution is 2.35. The minimum absolute atomic E-state index is 0.0407. The van der Waals surface area contributed by atoms with Gasteiger partial charge in [0.15, 0.2) is 0 Å². The Balaban J connectivity index is 1.45. The molecular formula is C19H30N2O. The Morgan fingerprint density at radius 2 is 2.23 bits per heavy atom. The van der Waals surface area contributed by atoms with E-state index in [4.69, 9.17) is 4.74 Å². The summed E-state index contributed by atoms with van der Waals surface area (Å²) < 4.78 is 5.94. The molecule has 1 fully saturated rings. The van der Waals surface area contributed by atoms with Gasteiger partial charge in [0.25, 0.3) is 0 Å². The highest BCUT2D eigenvalue weighted by atomic mass is 16.5. The van der Waals surface area contributed by atoms with Gasteiger partial charge in [-0.1, -0.05) is 19.1 Å². The van der Waals surface area contributed by atoms with Gasteiger partial charge >= 0.3 is 0 Å². The van der Waals surface area contributed by atoms with E-state index in [0.29, 0.717) is 0 Å². The summed E-state index contributed by atoms with van der Waals surface area (Å²) in [6, 6.07) is 6.65. The summed E-state index contributed by atoms with van der Waals surface area (Å²) in [5.74, 6) is 1.89. The van der Waals surface area contributed by atoms with E-state index in [0.717, 1.165) is 31.2 Å². The van der Waals surface area contributed by atoms with Crippen molar-refractivity contribution in [2.24, 2.45) is 5.92 Å². The van der Waals surface area contributed by atoms with Crippen LogP contribution in [0, 0.1) is 5.92 Å². The van der Waals surface area contributed by atoms with E-state index in [9.17, 15) is 0 Å². The first kappa shape index (κ1) is 15.8. The molecule has 1 N–H and O–H groups in total. The summed E-state index contributed by atoms with van der Waals surface area (Å²) in [6.45, 7) is 12.5. The van der Waals surface area contributed by atoms with Crippen LogP contribution in [-0.2, 0) is 13.0 Å². The summed E-state index contributed by atoms with van der Waals surface area (Å²) >= 11 is 0. The number of rotatable bonds is 6. The number of hydrogen-bond donors (Lipinski definition) is 1. The Morgan fingerprint density at radius 3 is 3.05 bits per heavy atom. The number of hydrogen-bond acceptors (Lipinski definition) is 3. The predicted octanol–water partition coefficient (Wildman–Crippen LogP) is 3.22. The molecule has 0 aromatic heterocycles. The van der Waals surface area contributed by atoms with Gasteiger partial charge in [-0.05, 0) is 69.4 Å². The molecule has 3 nitrogen and oxygen atoms in total. The van der Waals surface area contributed by atoms with Crippen molar-refractivity contribution in [2.75, 3.05) is 26.2 Å². The lowest BCUT2D eigenvalue weighted by atomic mass is 10.00. The zero-order valence-electron chi connectivity index (χ0n) is 14.3. The first-order valence-electron chi connectivity index (χ1n) is 8.79. The first-order valence-corrected chi connectivity index (χ1v) is 8.79. The van der Waals surface area contributed by atoms with E-state index in [1.54, 1.807) is 0 Å². The molecule has 0 radical (unpaired) electrons. The number of nitrogens with zero attached hydrogens (tertiary/aromatic N) is 1. The molecule has 2 heterocycles. The molecule has 2 aliphatic heterocycles.